The minimum atomic E-state index is 0.538. The first kappa shape index (κ1) is 16.1. The van der Waals surface area contributed by atoms with Crippen LogP contribution in [0.2, 0.25) is 0 Å². The molecule has 134 valence electrons. The summed E-state index contributed by atoms with van der Waals surface area (Å²) in [5.74, 6) is 0.839. The third-order valence-electron chi connectivity index (χ3n) is 5.53. The molecule has 4 nitrogen and oxygen atoms in total. The molecule has 0 amide bonds. The highest BCUT2D eigenvalue weighted by molar-refractivity contribution is 5.84. The van der Waals surface area contributed by atoms with Gasteiger partial charge in [-0.05, 0) is 62.4 Å². The Labute approximate surface area is 158 Å². The smallest absolute Gasteiger partial charge is 0.150 e. The third kappa shape index (κ3) is 2.44. The molecule has 0 saturated carbocycles. The van der Waals surface area contributed by atoms with Gasteiger partial charge in [0, 0.05) is 17.1 Å². The molecule has 1 aliphatic carbocycles. The number of hydrogen-bond donors (Lipinski definition) is 1. The molecule has 1 aliphatic rings. The van der Waals surface area contributed by atoms with Gasteiger partial charge in [0.25, 0.3) is 0 Å². The van der Waals surface area contributed by atoms with E-state index < -0.39 is 0 Å². The van der Waals surface area contributed by atoms with Crippen LogP contribution >= 0.6 is 0 Å². The maximum absolute atomic E-state index is 9.04. The fourth-order valence-corrected chi connectivity index (χ4v) is 4.36. The highest BCUT2D eigenvalue weighted by Gasteiger charge is 2.24. The number of aryl methyl sites for hydroxylation is 2. The summed E-state index contributed by atoms with van der Waals surface area (Å²) in [6, 6.07) is 20.5. The van der Waals surface area contributed by atoms with E-state index in [4.69, 9.17) is 10.4 Å². The van der Waals surface area contributed by atoms with Gasteiger partial charge >= 0.3 is 0 Å². The number of fused-ring (bicyclic) bond motifs is 3. The van der Waals surface area contributed by atoms with Crippen LogP contribution in [0, 0.1) is 12.3 Å². The SMILES string of the molecule is Cc1nc2c(c3c(n2-c2ccccc2)CCCC3)c(=N)n1-c1ccccc1. The van der Waals surface area contributed by atoms with Gasteiger partial charge in [-0.25, -0.2) is 4.98 Å². The van der Waals surface area contributed by atoms with E-state index in [9.17, 15) is 0 Å². The number of hydrogen-bond acceptors (Lipinski definition) is 2. The Bertz CT molecular complexity index is 1180. The van der Waals surface area contributed by atoms with Crippen molar-refractivity contribution in [3.8, 4) is 11.4 Å². The summed E-state index contributed by atoms with van der Waals surface area (Å²) in [4.78, 5) is 5.00. The standard InChI is InChI=1S/C23H22N4/c1-16-25-23-21(22(24)26(16)17-10-4-2-5-11-17)19-14-8-9-15-20(19)27(23)18-12-6-3-7-13-18/h2-7,10-13,24H,8-9,14-15H2,1H3. The maximum Gasteiger partial charge on any atom is 0.150 e. The Kier molecular flexibility index (Phi) is 3.71. The molecule has 0 unspecified atom stereocenters. The molecule has 0 fully saturated rings. The number of nitrogens with zero attached hydrogens (tertiary/aromatic N) is 3. The summed E-state index contributed by atoms with van der Waals surface area (Å²) in [5, 5.41) is 10.0. The van der Waals surface area contributed by atoms with Crippen molar-refractivity contribution in [2.24, 2.45) is 0 Å². The van der Waals surface area contributed by atoms with Crippen molar-refractivity contribution in [2.75, 3.05) is 0 Å². The monoisotopic (exact) mass is 354 g/mol. The molecule has 0 bridgehead atoms. The van der Waals surface area contributed by atoms with Crippen LogP contribution in [0.1, 0.15) is 29.9 Å². The van der Waals surface area contributed by atoms with Gasteiger partial charge in [-0.15, -0.1) is 0 Å². The molecule has 5 rings (SSSR count). The van der Waals surface area contributed by atoms with Gasteiger partial charge in [-0.2, -0.15) is 0 Å². The van der Waals surface area contributed by atoms with Crippen LogP contribution in [0.15, 0.2) is 60.7 Å². The van der Waals surface area contributed by atoms with Crippen LogP contribution in [-0.4, -0.2) is 14.1 Å². The predicted octanol–water partition coefficient (Wildman–Crippen LogP) is 4.48. The Morgan fingerprint density at radius 3 is 2.07 bits per heavy atom. The predicted molar refractivity (Wildman–Crippen MR) is 108 cm³/mol. The fourth-order valence-electron chi connectivity index (χ4n) is 4.36. The number of benzene rings is 2. The van der Waals surface area contributed by atoms with Crippen molar-refractivity contribution in [3.05, 3.63) is 83.2 Å². The second kappa shape index (κ2) is 6.23. The highest BCUT2D eigenvalue weighted by atomic mass is 15.1. The molecule has 0 atom stereocenters. The van der Waals surface area contributed by atoms with Crippen LogP contribution in [0.25, 0.3) is 22.4 Å². The summed E-state index contributed by atoms with van der Waals surface area (Å²) in [5.41, 5.74) is 6.22. The van der Waals surface area contributed by atoms with Crippen molar-refractivity contribution in [1.82, 2.24) is 14.1 Å². The average molecular weight is 354 g/mol. The van der Waals surface area contributed by atoms with Gasteiger partial charge in [0.1, 0.15) is 11.3 Å². The number of nitrogens with one attached hydrogen (secondary N) is 1. The van der Waals surface area contributed by atoms with E-state index in [2.05, 4.69) is 28.8 Å². The quantitative estimate of drug-likeness (QED) is 0.567. The molecule has 0 aliphatic heterocycles. The van der Waals surface area contributed by atoms with Crippen LogP contribution in [0.3, 0.4) is 0 Å². The summed E-state index contributed by atoms with van der Waals surface area (Å²) in [6.45, 7) is 1.99. The molecule has 0 spiro atoms. The fraction of sp³-hybridized carbons (Fsp3) is 0.217. The average Bonchev–Trinajstić information content (AvgIpc) is 3.03. The largest absolute Gasteiger partial charge is 0.298 e. The zero-order chi connectivity index (χ0) is 18.4. The zero-order valence-corrected chi connectivity index (χ0v) is 15.4. The van der Waals surface area contributed by atoms with Gasteiger partial charge in [0.15, 0.2) is 5.65 Å². The van der Waals surface area contributed by atoms with Crippen LogP contribution in [-0.2, 0) is 12.8 Å². The molecule has 1 N–H and O–H groups in total. The van der Waals surface area contributed by atoms with Crippen molar-refractivity contribution >= 4 is 11.0 Å². The summed E-state index contributed by atoms with van der Waals surface area (Å²) < 4.78 is 4.25. The summed E-state index contributed by atoms with van der Waals surface area (Å²) in [7, 11) is 0. The van der Waals surface area contributed by atoms with Crippen molar-refractivity contribution in [2.45, 2.75) is 32.6 Å². The minimum Gasteiger partial charge on any atom is -0.298 e. The Morgan fingerprint density at radius 2 is 1.41 bits per heavy atom. The Hall–Kier alpha value is -3.14. The second-order valence-corrected chi connectivity index (χ2v) is 7.18. The number of rotatable bonds is 2. The minimum absolute atomic E-state index is 0.538. The van der Waals surface area contributed by atoms with E-state index in [1.807, 2.05) is 47.9 Å². The molecule has 2 aromatic carbocycles. The highest BCUT2D eigenvalue weighted by Crippen LogP contribution is 2.32. The number of para-hydroxylation sites is 2. The molecule has 27 heavy (non-hydrogen) atoms. The summed E-state index contributed by atoms with van der Waals surface area (Å²) in [6.07, 6.45) is 4.45. The van der Waals surface area contributed by atoms with Gasteiger partial charge in [-0.1, -0.05) is 36.4 Å². The van der Waals surface area contributed by atoms with E-state index in [-0.39, 0.29) is 0 Å². The van der Waals surface area contributed by atoms with Crippen molar-refractivity contribution in [3.63, 3.8) is 0 Å². The Balaban J connectivity index is 1.90. The van der Waals surface area contributed by atoms with Gasteiger partial charge in [0.05, 0.1) is 5.39 Å². The normalized spacial score (nSPS) is 13.7. The molecule has 0 radical (unpaired) electrons. The topological polar surface area (TPSA) is 46.6 Å². The van der Waals surface area contributed by atoms with E-state index in [0.717, 1.165) is 41.1 Å². The molecular weight excluding hydrogens is 332 g/mol. The zero-order valence-electron chi connectivity index (χ0n) is 15.4. The first-order chi connectivity index (χ1) is 13.3. The van der Waals surface area contributed by atoms with E-state index >= 15 is 0 Å². The lowest BCUT2D eigenvalue weighted by Crippen LogP contribution is -2.23. The molecule has 4 heteroatoms. The lowest BCUT2D eigenvalue weighted by atomic mass is 9.96. The van der Waals surface area contributed by atoms with E-state index in [1.165, 1.54) is 24.1 Å². The summed E-state index contributed by atoms with van der Waals surface area (Å²) >= 11 is 0. The van der Waals surface area contributed by atoms with Gasteiger partial charge < -0.3 is 0 Å². The van der Waals surface area contributed by atoms with Crippen molar-refractivity contribution < 1.29 is 0 Å². The lowest BCUT2D eigenvalue weighted by molar-refractivity contribution is 0.666. The van der Waals surface area contributed by atoms with Crippen LogP contribution < -0.4 is 5.49 Å². The Morgan fingerprint density at radius 1 is 0.815 bits per heavy atom. The lowest BCUT2D eigenvalue weighted by Gasteiger charge is -2.15. The molecule has 0 saturated heterocycles. The van der Waals surface area contributed by atoms with Crippen LogP contribution in [0.4, 0.5) is 0 Å². The number of aromatic nitrogens is 3. The van der Waals surface area contributed by atoms with E-state index in [1.54, 1.807) is 0 Å². The maximum atomic E-state index is 9.04. The molecule has 2 aromatic heterocycles. The first-order valence-corrected chi connectivity index (χ1v) is 9.57. The molecule has 4 aromatic rings. The van der Waals surface area contributed by atoms with Crippen molar-refractivity contribution in [1.29, 1.82) is 5.41 Å². The third-order valence-corrected chi connectivity index (χ3v) is 5.53. The van der Waals surface area contributed by atoms with E-state index in [0.29, 0.717) is 5.49 Å². The molecule has 2 heterocycles. The second-order valence-electron chi connectivity index (χ2n) is 7.18. The van der Waals surface area contributed by atoms with Gasteiger partial charge in [0.2, 0.25) is 0 Å². The first-order valence-electron chi connectivity index (χ1n) is 9.57. The van der Waals surface area contributed by atoms with Gasteiger partial charge in [-0.3, -0.25) is 14.5 Å². The van der Waals surface area contributed by atoms with Crippen LogP contribution in [0.5, 0.6) is 0 Å². The molecular formula is C23H22N4.